The van der Waals surface area contributed by atoms with Crippen LogP contribution in [0.25, 0.3) is 0 Å². The molecule has 2 aromatic rings. The van der Waals surface area contributed by atoms with Crippen LogP contribution in [0.5, 0.6) is 0 Å². The quantitative estimate of drug-likeness (QED) is 0.608. The van der Waals surface area contributed by atoms with E-state index in [1.165, 1.54) is 12.1 Å². The zero-order valence-corrected chi connectivity index (χ0v) is 19.2. The lowest BCUT2D eigenvalue weighted by Crippen LogP contribution is -2.46. The van der Waals surface area contributed by atoms with Crippen molar-refractivity contribution in [1.29, 1.82) is 0 Å². The third kappa shape index (κ3) is 5.97. The molecule has 8 heteroatoms. The molecule has 0 bridgehead atoms. The van der Waals surface area contributed by atoms with Gasteiger partial charge in [-0.15, -0.1) is 0 Å². The Kier molecular flexibility index (Phi) is 7.26. The molecular formula is C26H30F3N3O2. The van der Waals surface area contributed by atoms with Crippen LogP contribution in [0.15, 0.2) is 54.6 Å². The average molecular weight is 474 g/mol. The average Bonchev–Trinajstić information content (AvgIpc) is 3.67. The van der Waals surface area contributed by atoms with Gasteiger partial charge in [0.1, 0.15) is 0 Å². The Bertz CT molecular complexity index is 1000. The van der Waals surface area contributed by atoms with Crippen molar-refractivity contribution in [2.24, 2.45) is 5.92 Å². The standard InChI is InChI=1S/C26H30F3N3O2/c1-18(20-6-5-7-21(16-20)26(27,28)29)32(23-10-11-23)17-24(33)31-14-12-19(13-15-31)25(34)30-22-8-3-2-4-9-22/h2-9,16,18-19,23H,10-15,17H2,1H3,(H,30,34). The lowest BCUT2D eigenvalue weighted by Gasteiger charge is -2.35. The second-order valence-electron chi connectivity index (χ2n) is 9.21. The normalized spacial score (nSPS) is 18.1. The third-order valence-electron chi connectivity index (χ3n) is 6.79. The largest absolute Gasteiger partial charge is 0.416 e. The summed E-state index contributed by atoms with van der Waals surface area (Å²) in [6.45, 7) is 3.04. The first kappa shape index (κ1) is 24.3. The zero-order chi connectivity index (χ0) is 24.3. The molecule has 2 aromatic carbocycles. The molecule has 1 aliphatic heterocycles. The zero-order valence-electron chi connectivity index (χ0n) is 19.2. The number of benzene rings is 2. The maximum atomic E-state index is 13.2. The van der Waals surface area contributed by atoms with Crippen LogP contribution in [0, 0.1) is 5.92 Å². The number of piperidine rings is 1. The van der Waals surface area contributed by atoms with E-state index in [1.54, 1.807) is 11.0 Å². The van der Waals surface area contributed by atoms with Crippen molar-refractivity contribution in [3.63, 3.8) is 0 Å². The Labute approximate surface area is 197 Å². The molecule has 34 heavy (non-hydrogen) atoms. The molecule has 1 heterocycles. The van der Waals surface area contributed by atoms with Gasteiger partial charge in [-0.05, 0) is 62.4 Å². The van der Waals surface area contributed by atoms with Gasteiger partial charge in [0.15, 0.2) is 0 Å². The van der Waals surface area contributed by atoms with Gasteiger partial charge in [-0.2, -0.15) is 13.2 Å². The number of alkyl halides is 3. The van der Waals surface area contributed by atoms with Crippen molar-refractivity contribution < 1.29 is 22.8 Å². The first-order chi connectivity index (χ1) is 16.2. The molecular weight excluding hydrogens is 443 g/mol. The number of para-hydroxylation sites is 1. The molecule has 2 fully saturated rings. The lowest BCUT2D eigenvalue weighted by molar-refractivity contribution is -0.138. The van der Waals surface area contributed by atoms with E-state index in [-0.39, 0.29) is 36.4 Å². The first-order valence-corrected chi connectivity index (χ1v) is 11.8. The molecule has 2 aliphatic rings. The summed E-state index contributed by atoms with van der Waals surface area (Å²) in [6, 6.07) is 14.6. The van der Waals surface area contributed by atoms with Crippen LogP contribution in [0.3, 0.4) is 0 Å². The Balaban J connectivity index is 1.34. The number of carbonyl (C=O) groups excluding carboxylic acids is 2. The van der Waals surface area contributed by atoms with Gasteiger partial charge in [-0.25, -0.2) is 0 Å². The number of halogens is 3. The van der Waals surface area contributed by atoms with Crippen LogP contribution in [0.1, 0.15) is 49.8 Å². The van der Waals surface area contributed by atoms with E-state index in [9.17, 15) is 22.8 Å². The van der Waals surface area contributed by atoms with Gasteiger partial charge in [0, 0.05) is 36.8 Å². The maximum Gasteiger partial charge on any atom is 0.416 e. The molecule has 1 saturated heterocycles. The molecule has 1 saturated carbocycles. The topological polar surface area (TPSA) is 52.7 Å². The van der Waals surface area contributed by atoms with Crippen molar-refractivity contribution in [1.82, 2.24) is 9.80 Å². The van der Waals surface area contributed by atoms with Gasteiger partial charge < -0.3 is 10.2 Å². The fourth-order valence-corrected chi connectivity index (χ4v) is 4.57. The number of hydrogen-bond donors (Lipinski definition) is 1. The highest BCUT2D eigenvalue weighted by atomic mass is 19.4. The van der Waals surface area contributed by atoms with Crippen LogP contribution in [-0.2, 0) is 15.8 Å². The van der Waals surface area contributed by atoms with Crippen molar-refractivity contribution >= 4 is 17.5 Å². The highest BCUT2D eigenvalue weighted by molar-refractivity contribution is 5.92. The first-order valence-electron chi connectivity index (χ1n) is 11.8. The molecule has 0 radical (unpaired) electrons. The van der Waals surface area contributed by atoms with E-state index < -0.39 is 11.7 Å². The highest BCUT2D eigenvalue weighted by Gasteiger charge is 2.37. The summed E-state index contributed by atoms with van der Waals surface area (Å²) in [5, 5.41) is 2.93. The minimum atomic E-state index is -4.40. The maximum absolute atomic E-state index is 13.2. The van der Waals surface area contributed by atoms with Crippen LogP contribution >= 0.6 is 0 Å². The van der Waals surface area contributed by atoms with Crippen molar-refractivity contribution in [2.45, 2.75) is 50.9 Å². The van der Waals surface area contributed by atoms with Crippen LogP contribution in [0.2, 0.25) is 0 Å². The van der Waals surface area contributed by atoms with Gasteiger partial charge in [0.25, 0.3) is 0 Å². The second-order valence-corrected chi connectivity index (χ2v) is 9.21. The Morgan fingerprint density at radius 2 is 1.71 bits per heavy atom. The van der Waals surface area contributed by atoms with Gasteiger partial charge in [0.2, 0.25) is 11.8 Å². The van der Waals surface area contributed by atoms with Gasteiger partial charge in [0.05, 0.1) is 12.1 Å². The van der Waals surface area contributed by atoms with Crippen molar-refractivity contribution in [3.8, 4) is 0 Å². The molecule has 1 N–H and O–H groups in total. The number of nitrogens with one attached hydrogen (secondary N) is 1. The minimum Gasteiger partial charge on any atom is -0.342 e. The summed E-state index contributed by atoms with van der Waals surface area (Å²) in [5.74, 6) is -0.212. The van der Waals surface area contributed by atoms with E-state index in [4.69, 9.17) is 0 Å². The molecule has 182 valence electrons. The molecule has 4 rings (SSSR count). The number of carbonyl (C=O) groups is 2. The summed E-state index contributed by atoms with van der Waals surface area (Å²) in [7, 11) is 0. The lowest BCUT2D eigenvalue weighted by atomic mass is 9.95. The fourth-order valence-electron chi connectivity index (χ4n) is 4.57. The smallest absolute Gasteiger partial charge is 0.342 e. The summed E-state index contributed by atoms with van der Waals surface area (Å²) in [6.07, 6.45) is -1.32. The number of amides is 2. The van der Waals surface area contributed by atoms with Gasteiger partial charge in [-0.3, -0.25) is 14.5 Å². The Hall–Kier alpha value is -2.87. The predicted molar refractivity (Wildman–Crippen MR) is 124 cm³/mol. The Morgan fingerprint density at radius 3 is 2.32 bits per heavy atom. The van der Waals surface area contributed by atoms with Crippen LogP contribution in [0.4, 0.5) is 18.9 Å². The molecule has 5 nitrogen and oxygen atoms in total. The van der Waals surface area contributed by atoms with E-state index in [2.05, 4.69) is 5.32 Å². The summed E-state index contributed by atoms with van der Waals surface area (Å²) in [4.78, 5) is 29.4. The Morgan fingerprint density at radius 1 is 1.03 bits per heavy atom. The predicted octanol–water partition coefficient (Wildman–Crippen LogP) is 5.11. The van der Waals surface area contributed by atoms with Crippen LogP contribution < -0.4 is 5.32 Å². The SMILES string of the molecule is CC(c1cccc(C(F)(F)F)c1)N(CC(=O)N1CCC(C(=O)Nc2ccccc2)CC1)C1CC1. The summed E-state index contributed by atoms with van der Waals surface area (Å²) >= 11 is 0. The van der Waals surface area contributed by atoms with E-state index in [1.807, 2.05) is 42.2 Å². The van der Waals surface area contributed by atoms with E-state index >= 15 is 0 Å². The third-order valence-corrected chi connectivity index (χ3v) is 6.79. The summed E-state index contributed by atoms with van der Waals surface area (Å²) in [5.41, 5.74) is 0.648. The molecule has 0 aromatic heterocycles. The van der Waals surface area contributed by atoms with E-state index in [0.717, 1.165) is 24.6 Å². The second kappa shape index (κ2) is 10.2. The monoisotopic (exact) mass is 473 g/mol. The number of likely N-dealkylation sites (tertiary alicyclic amines) is 1. The van der Waals surface area contributed by atoms with Crippen molar-refractivity contribution in [3.05, 3.63) is 65.7 Å². The van der Waals surface area contributed by atoms with Crippen LogP contribution in [-0.4, -0.2) is 47.3 Å². The number of hydrogen-bond acceptors (Lipinski definition) is 3. The molecule has 1 atom stereocenters. The number of rotatable bonds is 7. The fraction of sp³-hybridized carbons (Fsp3) is 0.462. The van der Waals surface area contributed by atoms with Gasteiger partial charge in [-0.1, -0.05) is 30.3 Å². The summed E-state index contributed by atoms with van der Waals surface area (Å²) < 4.78 is 39.5. The molecule has 2 amide bonds. The van der Waals surface area contributed by atoms with Crippen molar-refractivity contribution in [2.75, 3.05) is 25.0 Å². The number of anilines is 1. The molecule has 1 unspecified atom stereocenters. The number of nitrogens with zero attached hydrogens (tertiary/aromatic N) is 2. The molecule has 0 spiro atoms. The van der Waals surface area contributed by atoms with Gasteiger partial charge >= 0.3 is 6.18 Å². The highest BCUT2D eigenvalue weighted by Crippen LogP contribution is 2.36. The molecule has 1 aliphatic carbocycles. The minimum absolute atomic E-state index is 0.0314. The van der Waals surface area contributed by atoms with E-state index in [0.29, 0.717) is 31.5 Å².